The second-order valence-electron chi connectivity index (χ2n) is 5.37. The van der Waals surface area contributed by atoms with E-state index in [0.29, 0.717) is 30.4 Å². The smallest absolute Gasteiger partial charge is 0.244 e. The fourth-order valence-corrected chi connectivity index (χ4v) is 2.78. The van der Waals surface area contributed by atoms with Gasteiger partial charge in [-0.25, -0.2) is 0 Å². The highest BCUT2D eigenvalue weighted by Crippen LogP contribution is 2.36. The zero-order valence-electron chi connectivity index (χ0n) is 11.5. The van der Waals surface area contributed by atoms with Crippen molar-refractivity contribution in [2.24, 2.45) is 0 Å². The molecule has 2 aliphatic heterocycles. The van der Waals surface area contributed by atoms with Gasteiger partial charge in [-0.2, -0.15) is 4.98 Å². The maximum Gasteiger partial charge on any atom is 0.244 e. The molecule has 2 aromatic rings. The Kier molecular flexibility index (Phi) is 2.83. The molecular weight excluding hydrogens is 274 g/mol. The first-order valence-corrected chi connectivity index (χ1v) is 6.82. The number of nitrogens with zero attached hydrogens (tertiary/aromatic N) is 3. The van der Waals surface area contributed by atoms with Crippen molar-refractivity contribution < 1.29 is 19.1 Å². The number of aliphatic hydroxyl groups is 1. The molecule has 3 heterocycles. The van der Waals surface area contributed by atoms with Gasteiger partial charge >= 0.3 is 0 Å². The van der Waals surface area contributed by atoms with E-state index in [1.165, 1.54) is 0 Å². The van der Waals surface area contributed by atoms with Crippen LogP contribution in [0.1, 0.15) is 18.4 Å². The first kappa shape index (κ1) is 12.6. The molecule has 110 valence electrons. The first-order chi connectivity index (χ1) is 10.2. The molecule has 2 atom stereocenters. The van der Waals surface area contributed by atoms with Gasteiger partial charge in [0.15, 0.2) is 11.5 Å². The van der Waals surface area contributed by atoms with Gasteiger partial charge in [0.1, 0.15) is 0 Å². The summed E-state index contributed by atoms with van der Waals surface area (Å²) in [6.07, 6.45) is 0.264. The predicted molar refractivity (Wildman–Crippen MR) is 71.9 cm³/mol. The fraction of sp³-hybridized carbons (Fsp3) is 0.429. The van der Waals surface area contributed by atoms with Crippen LogP contribution in [0.2, 0.25) is 0 Å². The van der Waals surface area contributed by atoms with E-state index in [1.54, 1.807) is 0 Å². The van der Waals surface area contributed by atoms with Crippen molar-refractivity contribution in [3.63, 3.8) is 0 Å². The van der Waals surface area contributed by atoms with Gasteiger partial charge in [0, 0.05) is 12.1 Å². The van der Waals surface area contributed by atoms with Gasteiger partial charge in [-0.3, -0.25) is 4.90 Å². The van der Waals surface area contributed by atoms with Crippen molar-refractivity contribution in [1.29, 1.82) is 0 Å². The molecule has 4 rings (SSSR count). The number of benzene rings is 1. The second kappa shape index (κ2) is 4.71. The summed E-state index contributed by atoms with van der Waals surface area (Å²) in [4.78, 5) is 6.46. The van der Waals surface area contributed by atoms with Crippen molar-refractivity contribution in [3.8, 4) is 22.9 Å². The van der Waals surface area contributed by atoms with E-state index in [1.807, 2.05) is 30.1 Å². The van der Waals surface area contributed by atoms with Crippen molar-refractivity contribution in [2.75, 3.05) is 20.4 Å². The second-order valence-corrected chi connectivity index (χ2v) is 5.37. The van der Waals surface area contributed by atoms with E-state index in [2.05, 4.69) is 10.1 Å². The van der Waals surface area contributed by atoms with E-state index in [0.717, 1.165) is 11.3 Å². The minimum absolute atomic E-state index is 0.0322. The van der Waals surface area contributed by atoms with Crippen LogP contribution in [0.3, 0.4) is 0 Å². The third-order valence-electron chi connectivity index (χ3n) is 3.88. The maximum atomic E-state index is 9.70. The Morgan fingerprint density at radius 1 is 1.29 bits per heavy atom. The maximum absolute atomic E-state index is 9.70. The van der Waals surface area contributed by atoms with Crippen molar-refractivity contribution >= 4 is 0 Å². The normalized spacial score (nSPS) is 24.7. The first-order valence-electron chi connectivity index (χ1n) is 6.82. The highest BCUT2D eigenvalue weighted by molar-refractivity contribution is 5.61. The van der Waals surface area contributed by atoms with Gasteiger partial charge in [-0.05, 0) is 31.7 Å². The Balaban J connectivity index is 1.62. The molecule has 0 amide bonds. The Hall–Kier alpha value is -2.12. The number of rotatable bonds is 2. The molecule has 0 saturated carbocycles. The highest BCUT2D eigenvalue weighted by Gasteiger charge is 2.33. The molecule has 0 bridgehead atoms. The van der Waals surface area contributed by atoms with Gasteiger partial charge in [0.2, 0.25) is 18.5 Å². The molecule has 7 heteroatoms. The lowest BCUT2D eigenvalue weighted by Gasteiger charge is -2.13. The average molecular weight is 289 g/mol. The van der Waals surface area contributed by atoms with Crippen LogP contribution in [-0.2, 0) is 0 Å². The van der Waals surface area contributed by atoms with Crippen LogP contribution in [0.4, 0.5) is 0 Å². The highest BCUT2D eigenvalue weighted by atomic mass is 16.7. The van der Waals surface area contributed by atoms with Gasteiger partial charge in [0.25, 0.3) is 0 Å². The molecule has 1 aromatic heterocycles. The lowest BCUT2D eigenvalue weighted by molar-refractivity contribution is 0.174. The summed E-state index contributed by atoms with van der Waals surface area (Å²) in [5, 5.41) is 13.7. The molecule has 7 nitrogen and oxygen atoms in total. The summed E-state index contributed by atoms with van der Waals surface area (Å²) in [7, 11) is 1.94. The van der Waals surface area contributed by atoms with Crippen LogP contribution < -0.4 is 9.47 Å². The number of hydrogen-bond donors (Lipinski definition) is 1. The van der Waals surface area contributed by atoms with Gasteiger partial charge < -0.3 is 19.1 Å². The molecule has 1 N–H and O–H groups in total. The summed E-state index contributed by atoms with van der Waals surface area (Å²) in [6, 6.07) is 5.51. The molecule has 1 fully saturated rings. The van der Waals surface area contributed by atoms with Crippen LogP contribution in [-0.4, -0.2) is 46.6 Å². The van der Waals surface area contributed by atoms with Crippen molar-refractivity contribution in [1.82, 2.24) is 15.0 Å². The van der Waals surface area contributed by atoms with Gasteiger partial charge in [-0.15, -0.1) is 0 Å². The Labute approximate surface area is 121 Å². The molecule has 0 radical (unpaired) electrons. The van der Waals surface area contributed by atoms with Gasteiger partial charge in [0.05, 0.1) is 12.1 Å². The van der Waals surface area contributed by atoms with E-state index in [-0.39, 0.29) is 18.9 Å². The van der Waals surface area contributed by atoms with E-state index < -0.39 is 0 Å². The number of likely N-dealkylation sites (tertiary alicyclic amines) is 1. The lowest BCUT2D eigenvalue weighted by Crippen LogP contribution is -2.19. The Morgan fingerprint density at radius 3 is 2.95 bits per heavy atom. The molecule has 1 saturated heterocycles. The minimum Gasteiger partial charge on any atom is -0.454 e. The minimum atomic E-state index is -0.346. The number of ether oxygens (including phenoxy) is 2. The lowest BCUT2D eigenvalue weighted by atomic mass is 10.2. The third-order valence-corrected chi connectivity index (χ3v) is 3.88. The van der Waals surface area contributed by atoms with E-state index in [4.69, 9.17) is 14.0 Å². The fourth-order valence-electron chi connectivity index (χ4n) is 2.78. The number of aliphatic hydroxyl groups excluding tert-OH is 1. The van der Waals surface area contributed by atoms with Crippen LogP contribution in [0, 0.1) is 0 Å². The molecule has 21 heavy (non-hydrogen) atoms. The van der Waals surface area contributed by atoms with Crippen LogP contribution in [0.15, 0.2) is 22.7 Å². The summed E-state index contributed by atoms with van der Waals surface area (Å²) >= 11 is 0. The number of hydrogen-bond acceptors (Lipinski definition) is 7. The quantitative estimate of drug-likeness (QED) is 0.889. The predicted octanol–water partition coefficient (Wildman–Crippen LogP) is 1.20. The number of likely N-dealkylation sites (N-methyl/N-ethyl adjacent to an activating group) is 1. The topological polar surface area (TPSA) is 80.9 Å². The van der Waals surface area contributed by atoms with Crippen molar-refractivity contribution in [2.45, 2.75) is 18.6 Å². The van der Waals surface area contributed by atoms with E-state index in [9.17, 15) is 5.11 Å². The van der Waals surface area contributed by atoms with Crippen LogP contribution in [0.5, 0.6) is 11.5 Å². The molecule has 1 aromatic carbocycles. The SMILES string of the molecule is CN1CC(O)CC1c1nc(-c2ccc3c(c2)OCO3)no1. The summed E-state index contributed by atoms with van der Waals surface area (Å²) in [6.45, 7) is 0.855. The van der Waals surface area contributed by atoms with Crippen LogP contribution >= 0.6 is 0 Å². The molecule has 0 spiro atoms. The average Bonchev–Trinajstić information content (AvgIpc) is 3.17. The number of aromatic nitrogens is 2. The zero-order valence-corrected chi connectivity index (χ0v) is 11.5. The van der Waals surface area contributed by atoms with Crippen LogP contribution in [0.25, 0.3) is 11.4 Å². The Morgan fingerprint density at radius 2 is 2.14 bits per heavy atom. The molecular formula is C14H15N3O4. The molecule has 0 aliphatic carbocycles. The standard InChI is InChI=1S/C14H15N3O4/c1-17-6-9(18)5-10(17)14-15-13(16-21-14)8-2-3-11-12(4-8)20-7-19-11/h2-4,9-10,18H,5-7H2,1H3. The van der Waals surface area contributed by atoms with E-state index >= 15 is 0 Å². The largest absolute Gasteiger partial charge is 0.454 e. The summed E-state index contributed by atoms with van der Waals surface area (Å²) in [5.41, 5.74) is 0.815. The van der Waals surface area contributed by atoms with Crippen molar-refractivity contribution in [3.05, 3.63) is 24.1 Å². The van der Waals surface area contributed by atoms with Gasteiger partial charge in [-0.1, -0.05) is 5.16 Å². The number of fused-ring (bicyclic) bond motifs is 1. The molecule has 2 aliphatic rings. The summed E-state index contributed by atoms with van der Waals surface area (Å²) in [5.74, 6) is 2.45. The monoisotopic (exact) mass is 289 g/mol. The molecule has 2 unspecified atom stereocenters. The zero-order chi connectivity index (χ0) is 14.4. The Bertz CT molecular complexity index is 672. The summed E-state index contributed by atoms with van der Waals surface area (Å²) < 4.78 is 16.0. The third kappa shape index (κ3) is 2.14. The number of β-amino-alcohol motifs (C(OH)–C–C–N with tert-alkyl or cyclic N) is 1.